The fourth-order valence-corrected chi connectivity index (χ4v) is 0.405. The summed E-state index contributed by atoms with van der Waals surface area (Å²) in [5, 5.41) is 0. The SMILES string of the molecule is CC(CCl)OC(=O)Cl. The normalized spacial score (nSPS) is 12.9. The predicted octanol–water partition coefficient (Wildman–Crippen LogP) is 1.99. The minimum Gasteiger partial charge on any atom is -0.449 e. The maximum atomic E-state index is 9.90. The molecule has 0 fully saturated rings. The summed E-state index contributed by atoms with van der Waals surface area (Å²) in [5.41, 5.74) is -0.807. The van der Waals surface area contributed by atoms with Gasteiger partial charge in [-0.3, -0.25) is 0 Å². The van der Waals surface area contributed by atoms with Crippen molar-refractivity contribution in [3.05, 3.63) is 0 Å². The molecule has 48 valence electrons. The molecule has 0 N–H and O–H groups in total. The molecular weight excluding hydrogens is 151 g/mol. The van der Waals surface area contributed by atoms with Crippen LogP contribution in [0.25, 0.3) is 0 Å². The summed E-state index contributed by atoms with van der Waals surface area (Å²) in [6, 6.07) is 0. The monoisotopic (exact) mass is 156 g/mol. The molecule has 0 radical (unpaired) electrons. The first kappa shape index (κ1) is 8.05. The van der Waals surface area contributed by atoms with Gasteiger partial charge in [-0.1, -0.05) is 0 Å². The minimum absolute atomic E-state index is 0.276. The Bertz CT molecular complexity index is 84.1. The van der Waals surface area contributed by atoms with Gasteiger partial charge in [0.2, 0.25) is 0 Å². The molecule has 0 amide bonds. The molecule has 0 rings (SSSR count). The maximum Gasteiger partial charge on any atom is 0.404 e. The van der Waals surface area contributed by atoms with E-state index >= 15 is 0 Å². The van der Waals surface area contributed by atoms with E-state index in [1.165, 1.54) is 0 Å². The highest BCUT2D eigenvalue weighted by Crippen LogP contribution is 1.96. The van der Waals surface area contributed by atoms with Gasteiger partial charge in [-0.25, -0.2) is 4.79 Å². The second-order valence-electron chi connectivity index (χ2n) is 1.32. The summed E-state index contributed by atoms with van der Waals surface area (Å²) >= 11 is 10.1. The van der Waals surface area contributed by atoms with Gasteiger partial charge in [0.1, 0.15) is 6.10 Å². The average molecular weight is 157 g/mol. The molecule has 0 saturated heterocycles. The minimum atomic E-state index is -0.807. The van der Waals surface area contributed by atoms with Crippen molar-refractivity contribution >= 4 is 28.6 Å². The lowest BCUT2D eigenvalue weighted by Gasteiger charge is -2.03. The summed E-state index contributed by atoms with van der Waals surface area (Å²) in [6.45, 7) is 1.66. The molecule has 0 aromatic heterocycles. The third-order valence-corrected chi connectivity index (χ3v) is 1.03. The topological polar surface area (TPSA) is 26.3 Å². The number of halogens is 2. The average Bonchev–Trinajstić information content (AvgIpc) is 1.65. The van der Waals surface area contributed by atoms with Crippen molar-refractivity contribution in [3.63, 3.8) is 0 Å². The number of hydrogen-bond acceptors (Lipinski definition) is 2. The number of carbonyl (C=O) groups excluding carboxylic acids is 1. The molecule has 1 unspecified atom stereocenters. The van der Waals surface area contributed by atoms with E-state index in [9.17, 15) is 4.79 Å². The lowest BCUT2D eigenvalue weighted by atomic mass is 10.5. The van der Waals surface area contributed by atoms with E-state index < -0.39 is 5.43 Å². The van der Waals surface area contributed by atoms with E-state index in [2.05, 4.69) is 4.74 Å². The fourth-order valence-electron chi connectivity index (χ4n) is 0.190. The van der Waals surface area contributed by atoms with Crippen LogP contribution in [-0.4, -0.2) is 17.4 Å². The second-order valence-corrected chi connectivity index (χ2v) is 1.94. The largest absolute Gasteiger partial charge is 0.449 e. The molecule has 8 heavy (non-hydrogen) atoms. The van der Waals surface area contributed by atoms with Crippen LogP contribution in [0.15, 0.2) is 0 Å². The number of ether oxygens (including phenoxy) is 1. The van der Waals surface area contributed by atoms with Crippen LogP contribution in [-0.2, 0) is 4.74 Å². The van der Waals surface area contributed by atoms with Crippen molar-refractivity contribution in [1.29, 1.82) is 0 Å². The van der Waals surface area contributed by atoms with Crippen molar-refractivity contribution in [2.24, 2.45) is 0 Å². The van der Waals surface area contributed by atoms with Crippen molar-refractivity contribution < 1.29 is 9.53 Å². The molecule has 0 aliphatic carbocycles. The molecule has 0 aliphatic heterocycles. The third kappa shape index (κ3) is 4.22. The van der Waals surface area contributed by atoms with Gasteiger partial charge >= 0.3 is 5.43 Å². The Morgan fingerprint density at radius 2 is 2.38 bits per heavy atom. The molecule has 0 saturated carbocycles. The van der Waals surface area contributed by atoms with Crippen molar-refractivity contribution in [3.8, 4) is 0 Å². The Morgan fingerprint density at radius 3 is 2.50 bits per heavy atom. The third-order valence-electron chi connectivity index (χ3n) is 0.511. The van der Waals surface area contributed by atoms with Crippen molar-refractivity contribution in [2.75, 3.05) is 5.88 Å². The number of rotatable bonds is 2. The van der Waals surface area contributed by atoms with Crippen LogP contribution in [0.1, 0.15) is 6.92 Å². The number of hydrogen-bond donors (Lipinski definition) is 0. The molecule has 0 aromatic carbocycles. The van der Waals surface area contributed by atoms with E-state index in [1.54, 1.807) is 6.92 Å². The Morgan fingerprint density at radius 1 is 1.88 bits per heavy atom. The van der Waals surface area contributed by atoms with Gasteiger partial charge in [0.15, 0.2) is 0 Å². The first-order valence-electron chi connectivity index (χ1n) is 2.09. The summed E-state index contributed by atoms with van der Waals surface area (Å²) in [7, 11) is 0. The molecule has 0 aromatic rings. The summed E-state index contributed by atoms with van der Waals surface area (Å²) in [5.74, 6) is 0.276. The molecule has 2 nitrogen and oxygen atoms in total. The Labute approximate surface area is 57.7 Å². The Kier molecular flexibility index (Phi) is 4.01. The molecule has 0 heterocycles. The van der Waals surface area contributed by atoms with Crippen LogP contribution in [0.5, 0.6) is 0 Å². The zero-order chi connectivity index (χ0) is 6.57. The molecule has 0 aliphatic rings. The molecule has 0 spiro atoms. The quantitative estimate of drug-likeness (QED) is 0.452. The number of carbonyl (C=O) groups is 1. The van der Waals surface area contributed by atoms with Crippen LogP contribution in [0.4, 0.5) is 4.79 Å². The Balaban J connectivity index is 3.24. The highest BCUT2D eigenvalue weighted by molar-refractivity contribution is 6.61. The molecule has 1 atom stereocenters. The zero-order valence-electron chi connectivity index (χ0n) is 4.36. The van der Waals surface area contributed by atoms with Gasteiger partial charge in [0.25, 0.3) is 0 Å². The maximum absolute atomic E-state index is 9.90. The summed E-state index contributed by atoms with van der Waals surface area (Å²) in [6.07, 6.45) is -0.290. The van der Waals surface area contributed by atoms with Gasteiger partial charge in [0, 0.05) is 11.6 Å². The van der Waals surface area contributed by atoms with Gasteiger partial charge in [-0.2, -0.15) is 0 Å². The van der Waals surface area contributed by atoms with Crippen molar-refractivity contribution in [2.45, 2.75) is 13.0 Å². The highest BCUT2D eigenvalue weighted by Gasteiger charge is 2.02. The lowest BCUT2D eigenvalue weighted by Crippen LogP contribution is -2.10. The number of alkyl halides is 1. The van der Waals surface area contributed by atoms with E-state index in [0.717, 1.165) is 0 Å². The molecule has 4 heteroatoms. The standard InChI is InChI=1S/C4H6Cl2O2/c1-3(2-5)8-4(6)7/h3H,2H2,1H3. The van der Waals surface area contributed by atoms with E-state index in [4.69, 9.17) is 23.2 Å². The first-order chi connectivity index (χ1) is 3.66. The lowest BCUT2D eigenvalue weighted by molar-refractivity contribution is 0.142. The highest BCUT2D eigenvalue weighted by atomic mass is 35.5. The van der Waals surface area contributed by atoms with Crippen molar-refractivity contribution in [1.82, 2.24) is 0 Å². The van der Waals surface area contributed by atoms with Crippen LogP contribution in [0, 0.1) is 0 Å². The van der Waals surface area contributed by atoms with Crippen LogP contribution >= 0.6 is 23.2 Å². The van der Waals surface area contributed by atoms with Gasteiger partial charge in [-0.05, 0) is 6.92 Å². The van der Waals surface area contributed by atoms with Crippen LogP contribution in [0.3, 0.4) is 0 Å². The van der Waals surface area contributed by atoms with Gasteiger partial charge in [-0.15, -0.1) is 11.6 Å². The van der Waals surface area contributed by atoms with E-state index in [0.29, 0.717) is 0 Å². The van der Waals surface area contributed by atoms with Gasteiger partial charge < -0.3 is 4.74 Å². The second kappa shape index (κ2) is 3.98. The van der Waals surface area contributed by atoms with Gasteiger partial charge in [0.05, 0.1) is 5.88 Å². The Hall–Kier alpha value is 0.0500. The smallest absolute Gasteiger partial charge is 0.404 e. The fraction of sp³-hybridized carbons (Fsp3) is 0.750. The van der Waals surface area contributed by atoms with Crippen LogP contribution < -0.4 is 0 Å². The van der Waals surface area contributed by atoms with E-state index in [1.807, 2.05) is 0 Å². The van der Waals surface area contributed by atoms with E-state index in [-0.39, 0.29) is 12.0 Å². The predicted molar refractivity (Wildman–Crippen MR) is 32.5 cm³/mol. The summed E-state index contributed by atoms with van der Waals surface area (Å²) in [4.78, 5) is 9.90. The zero-order valence-corrected chi connectivity index (χ0v) is 5.87. The molecular formula is C4H6Cl2O2. The molecule has 0 bridgehead atoms. The summed E-state index contributed by atoms with van der Waals surface area (Å²) < 4.78 is 4.39. The van der Waals surface area contributed by atoms with Crippen LogP contribution in [0.2, 0.25) is 0 Å². The first-order valence-corrected chi connectivity index (χ1v) is 3.00.